The third-order valence-corrected chi connectivity index (χ3v) is 2.67. The molecule has 0 aliphatic heterocycles. The van der Waals surface area contributed by atoms with Gasteiger partial charge >= 0.3 is 0 Å². The van der Waals surface area contributed by atoms with Crippen molar-refractivity contribution in [3.8, 4) is 6.07 Å². The third-order valence-electron chi connectivity index (χ3n) is 2.67. The molecule has 0 unspecified atom stereocenters. The molecule has 0 saturated carbocycles. The molecule has 100 valence electrons. The Morgan fingerprint density at radius 2 is 1.95 bits per heavy atom. The van der Waals surface area contributed by atoms with Gasteiger partial charge in [0.15, 0.2) is 0 Å². The number of anilines is 2. The fourth-order valence-electron chi connectivity index (χ4n) is 1.71. The van der Waals surface area contributed by atoms with Gasteiger partial charge in [-0.25, -0.2) is 4.39 Å². The minimum absolute atomic E-state index is 0.212. The fraction of sp³-hybridized carbons (Fsp3) is 0.0714. The van der Waals surface area contributed by atoms with Crippen LogP contribution in [-0.2, 0) is 6.42 Å². The summed E-state index contributed by atoms with van der Waals surface area (Å²) in [5, 5.41) is 22.3. The zero-order valence-electron chi connectivity index (χ0n) is 10.3. The van der Waals surface area contributed by atoms with E-state index in [9.17, 15) is 14.5 Å². The SMILES string of the molecule is N#CCc1ccc(Nc2ccc(F)cc2[N+](=O)[O-])cc1. The summed E-state index contributed by atoms with van der Waals surface area (Å²) >= 11 is 0. The Morgan fingerprint density at radius 3 is 2.55 bits per heavy atom. The van der Waals surface area contributed by atoms with E-state index in [0.29, 0.717) is 12.1 Å². The van der Waals surface area contributed by atoms with E-state index < -0.39 is 10.7 Å². The predicted molar refractivity (Wildman–Crippen MR) is 72.1 cm³/mol. The lowest BCUT2D eigenvalue weighted by Crippen LogP contribution is -1.98. The van der Waals surface area contributed by atoms with E-state index in [1.54, 1.807) is 24.3 Å². The van der Waals surface area contributed by atoms with Crippen molar-refractivity contribution < 1.29 is 9.31 Å². The highest BCUT2D eigenvalue weighted by Gasteiger charge is 2.14. The molecule has 2 aromatic rings. The van der Waals surface area contributed by atoms with E-state index in [1.165, 1.54) is 6.07 Å². The first-order valence-electron chi connectivity index (χ1n) is 5.77. The van der Waals surface area contributed by atoms with Crippen LogP contribution in [0.15, 0.2) is 42.5 Å². The van der Waals surface area contributed by atoms with E-state index in [1.807, 2.05) is 6.07 Å². The minimum Gasteiger partial charge on any atom is -0.350 e. The van der Waals surface area contributed by atoms with Gasteiger partial charge in [0.05, 0.1) is 23.5 Å². The summed E-state index contributed by atoms with van der Waals surface area (Å²) in [5.41, 5.74) is 1.36. The lowest BCUT2D eigenvalue weighted by Gasteiger charge is -2.07. The quantitative estimate of drug-likeness (QED) is 0.681. The maximum atomic E-state index is 13.0. The van der Waals surface area contributed by atoms with Gasteiger partial charge in [-0.05, 0) is 29.8 Å². The summed E-state index contributed by atoms with van der Waals surface area (Å²) in [5.74, 6) is -0.661. The number of halogens is 1. The molecule has 0 amide bonds. The maximum absolute atomic E-state index is 13.0. The molecule has 6 heteroatoms. The van der Waals surface area contributed by atoms with Crippen molar-refractivity contribution in [1.82, 2.24) is 0 Å². The second-order valence-corrected chi connectivity index (χ2v) is 4.08. The van der Waals surface area contributed by atoms with Gasteiger partial charge in [0, 0.05) is 5.69 Å². The highest BCUT2D eigenvalue weighted by molar-refractivity contribution is 5.69. The van der Waals surface area contributed by atoms with Crippen LogP contribution in [0.3, 0.4) is 0 Å². The van der Waals surface area contributed by atoms with E-state index in [4.69, 9.17) is 5.26 Å². The number of nitriles is 1. The Morgan fingerprint density at radius 1 is 1.25 bits per heavy atom. The fourth-order valence-corrected chi connectivity index (χ4v) is 1.71. The van der Waals surface area contributed by atoms with Gasteiger partial charge in [-0.1, -0.05) is 12.1 Å². The molecular weight excluding hydrogens is 261 g/mol. The molecule has 20 heavy (non-hydrogen) atoms. The molecule has 2 aromatic carbocycles. The van der Waals surface area contributed by atoms with Crippen LogP contribution < -0.4 is 5.32 Å². The number of rotatable bonds is 4. The molecule has 0 bridgehead atoms. The highest BCUT2D eigenvalue weighted by atomic mass is 19.1. The minimum atomic E-state index is -0.661. The number of nitrogens with one attached hydrogen (secondary N) is 1. The highest BCUT2D eigenvalue weighted by Crippen LogP contribution is 2.28. The van der Waals surface area contributed by atoms with Crippen LogP contribution in [0.4, 0.5) is 21.5 Å². The molecule has 0 fully saturated rings. The average Bonchev–Trinajstić information content (AvgIpc) is 2.43. The van der Waals surface area contributed by atoms with E-state index in [2.05, 4.69) is 5.32 Å². The van der Waals surface area contributed by atoms with E-state index in [0.717, 1.165) is 17.7 Å². The van der Waals surface area contributed by atoms with Gasteiger partial charge in [-0.2, -0.15) is 5.26 Å². The third kappa shape index (κ3) is 3.09. The topological polar surface area (TPSA) is 79.0 Å². The zero-order chi connectivity index (χ0) is 14.5. The summed E-state index contributed by atoms with van der Waals surface area (Å²) in [7, 11) is 0. The summed E-state index contributed by atoms with van der Waals surface area (Å²) < 4.78 is 13.0. The first kappa shape index (κ1) is 13.5. The molecule has 0 heterocycles. The smallest absolute Gasteiger partial charge is 0.295 e. The summed E-state index contributed by atoms with van der Waals surface area (Å²) in [6.45, 7) is 0. The summed E-state index contributed by atoms with van der Waals surface area (Å²) in [4.78, 5) is 10.2. The Hall–Kier alpha value is -2.94. The largest absolute Gasteiger partial charge is 0.350 e. The second kappa shape index (κ2) is 5.80. The molecule has 0 aromatic heterocycles. The van der Waals surface area contributed by atoms with E-state index >= 15 is 0 Å². The van der Waals surface area contributed by atoms with Crippen LogP contribution in [0.2, 0.25) is 0 Å². The number of nitro groups is 1. The van der Waals surface area contributed by atoms with Crippen LogP contribution in [-0.4, -0.2) is 4.92 Å². The Bertz CT molecular complexity index is 678. The number of hydrogen-bond acceptors (Lipinski definition) is 4. The van der Waals surface area contributed by atoms with Gasteiger partial charge in [0.25, 0.3) is 5.69 Å². The van der Waals surface area contributed by atoms with Crippen LogP contribution >= 0.6 is 0 Å². The molecule has 1 N–H and O–H groups in total. The Labute approximate surface area is 114 Å². The molecular formula is C14H10FN3O2. The first-order valence-corrected chi connectivity index (χ1v) is 5.77. The van der Waals surface area contributed by atoms with Crippen LogP contribution in [0.1, 0.15) is 5.56 Å². The van der Waals surface area contributed by atoms with Crippen LogP contribution in [0.25, 0.3) is 0 Å². The van der Waals surface area contributed by atoms with Gasteiger partial charge in [-0.15, -0.1) is 0 Å². The van der Waals surface area contributed by atoms with Gasteiger partial charge in [0.2, 0.25) is 0 Å². The summed E-state index contributed by atoms with van der Waals surface area (Å²) in [6.07, 6.45) is 0.303. The van der Waals surface area contributed by atoms with Crippen molar-refractivity contribution in [3.63, 3.8) is 0 Å². The Balaban J connectivity index is 2.26. The number of hydrogen-bond donors (Lipinski definition) is 1. The lowest BCUT2D eigenvalue weighted by atomic mass is 10.1. The monoisotopic (exact) mass is 271 g/mol. The molecule has 0 atom stereocenters. The molecule has 2 rings (SSSR count). The lowest BCUT2D eigenvalue weighted by molar-refractivity contribution is -0.384. The van der Waals surface area contributed by atoms with Gasteiger partial charge in [-0.3, -0.25) is 10.1 Å². The second-order valence-electron chi connectivity index (χ2n) is 4.08. The van der Waals surface area contributed by atoms with Gasteiger partial charge in [0.1, 0.15) is 11.5 Å². The molecule has 0 aliphatic rings. The zero-order valence-corrected chi connectivity index (χ0v) is 10.3. The molecule has 0 aliphatic carbocycles. The standard InChI is InChI=1S/C14H10FN3O2/c15-11-3-6-13(14(9-11)18(19)20)17-12-4-1-10(2-5-12)7-8-16/h1-6,9,17H,7H2. The molecule has 0 saturated heterocycles. The molecule has 0 spiro atoms. The van der Waals surface area contributed by atoms with Crippen molar-refractivity contribution in [3.05, 3.63) is 64.0 Å². The number of nitrogens with zero attached hydrogens (tertiary/aromatic N) is 2. The predicted octanol–water partition coefficient (Wildman–Crippen LogP) is 3.54. The Kier molecular flexibility index (Phi) is 3.91. The van der Waals surface area contributed by atoms with Gasteiger partial charge < -0.3 is 5.32 Å². The van der Waals surface area contributed by atoms with Crippen molar-refractivity contribution in [2.75, 3.05) is 5.32 Å². The average molecular weight is 271 g/mol. The number of nitro benzene ring substituents is 1. The number of benzene rings is 2. The maximum Gasteiger partial charge on any atom is 0.295 e. The molecule has 5 nitrogen and oxygen atoms in total. The molecule has 0 radical (unpaired) electrons. The van der Waals surface area contributed by atoms with E-state index in [-0.39, 0.29) is 11.4 Å². The van der Waals surface area contributed by atoms with Crippen molar-refractivity contribution in [2.24, 2.45) is 0 Å². The normalized spacial score (nSPS) is 9.80. The summed E-state index contributed by atoms with van der Waals surface area (Å²) in [6, 6.07) is 12.3. The first-order chi connectivity index (χ1) is 9.60. The van der Waals surface area contributed by atoms with Crippen molar-refractivity contribution in [1.29, 1.82) is 5.26 Å². The van der Waals surface area contributed by atoms with Crippen molar-refractivity contribution in [2.45, 2.75) is 6.42 Å². The van der Waals surface area contributed by atoms with Crippen LogP contribution in [0, 0.1) is 27.3 Å². The van der Waals surface area contributed by atoms with Crippen molar-refractivity contribution >= 4 is 17.1 Å². The van der Waals surface area contributed by atoms with Crippen LogP contribution in [0.5, 0.6) is 0 Å².